The van der Waals surface area contributed by atoms with Crippen LogP contribution in [0.1, 0.15) is 44.6 Å². The van der Waals surface area contributed by atoms with Gasteiger partial charge in [0.1, 0.15) is 0 Å². The summed E-state index contributed by atoms with van der Waals surface area (Å²) < 4.78 is 0. The van der Waals surface area contributed by atoms with Crippen molar-refractivity contribution in [3.8, 4) is 0 Å². The van der Waals surface area contributed by atoms with Crippen molar-refractivity contribution in [1.82, 2.24) is 0 Å². The molecule has 2 N–H and O–H groups in total. The van der Waals surface area contributed by atoms with Crippen molar-refractivity contribution in [2.45, 2.75) is 55.2 Å². The molecule has 2 rings (SSSR count). The summed E-state index contributed by atoms with van der Waals surface area (Å²) in [5.74, 6) is -0.799. The summed E-state index contributed by atoms with van der Waals surface area (Å²) in [4.78, 5) is 13.1. The van der Waals surface area contributed by atoms with Crippen LogP contribution >= 0.6 is 11.8 Å². The van der Waals surface area contributed by atoms with Gasteiger partial charge in [0, 0.05) is 22.0 Å². The molecule has 0 unspecified atom stereocenters. The molecule has 0 amide bonds. The zero-order chi connectivity index (χ0) is 17.9. The first-order valence-electron chi connectivity index (χ1n) is 9.00. The molecule has 2 aromatic carbocycles. The van der Waals surface area contributed by atoms with Crippen LogP contribution < -0.4 is 5.32 Å². The van der Waals surface area contributed by atoms with Gasteiger partial charge < -0.3 is 10.4 Å². The van der Waals surface area contributed by atoms with Crippen LogP contribution in [0.2, 0.25) is 0 Å². The number of benzene rings is 2. The van der Waals surface area contributed by atoms with Crippen molar-refractivity contribution < 1.29 is 9.90 Å². The Morgan fingerprint density at radius 2 is 1.72 bits per heavy atom. The first-order chi connectivity index (χ1) is 12.2. The number of carboxylic acid groups (broad SMARTS) is 1. The average Bonchev–Trinajstić information content (AvgIpc) is 2.58. The molecule has 2 aromatic rings. The van der Waals surface area contributed by atoms with Crippen molar-refractivity contribution in [2.75, 3.05) is 11.9 Å². The van der Waals surface area contributed by atoms with E-state index in [1.807, 2.05) is 24.3 Å². The van der Waals surface area contributed by atoms with Crippen molar-refractivity contribution in [3.05, 3.63) is 54.1 Å². The SMILES string of the molecule is CCCCCCCNc1cccc(Sc2cccc(CC(=O)O)c2)c1. The molecule has 3 nitrogen and oxygen atoms in total. The number of hydrogen-bond acceptors (Lipinski definition) is 3. The van der Waals surface area contributed by atoms with Gasteiger partial charge in [-0.1, -0.05) is 62.6 Å². The molecule has 0 bridgehead atoms. The van der Waals surface area contributed by atoms with Gasteiger partial charge >= 0.3 is 5.97 Å². The molecule has 0 aliphatic rings. The summed E-state index contributed by atoms with van der Waals surface area (Å²) in [6, 6.07) is 16.1. The summed E-state index contributed by atoms with van der Waals surface area (Å²) >= 11 is 1.66. The van der Waals surface area contributed by atoms with Crippen LogP contribution in [0.25, 0.3) is 0 Å². The number of carboxylic acids is 1. The molecule has 0 atom stereocenters. The zero-order valence-corrected chi connectivity index (χ0v) is 15.6. The van der Waals surface area contributed by atoms with E-state index in [1.165, 1.54) is 32.1 Å². The minimum Gasteiger partial charge on any atom is -0.481 e. The topological polar surface area (TPSA) is 49.3 Å². The van der Waals surface area contributed by atoms with E-state index >= 15 is 0 Å². The van der Waals surface area contributed by atoms with Crippen LogP contribution in [0.15, 0.2) is 58.3 Å². The van der Waals surface area contributed by atoms with Gasteiger partial charge in [-0.15, -0.1) is 0 Å². The number of unbranched alkanes of at least 4 members (excludes halogenated alkanes) is 4. The maximum atomic E-state index is 10.9. The van der Waals surface area contributed by atoms with Gasteiger partial charge in [-0.05, 0) is 42.3 Å². The highest BCUT2D eigenvalue weighted by molar-refractivity contribution is 7.99. The molecule has 0 heterocycles. The number of hydrogen-bond donors (Lipinski definition) is 2. The van der Waals surface area contributed by atoms with Crippen LogP contribution in [0.5, 0.6) is 0 Å². The van der Waals surface area contributed by atoms with Crippen LogP contribution in [0.3, 0.4) is 0 Å². The Morgan fingerprint density at radius 3 is 2.48 bits per heavy atom. The van der Waals surface area contributed by atoms with Gasteiger partial charge in [0.25, 0.3) is 0 Å². The molecular formula is C21H27NO2S. The van der Waals surface area contributed by atoms with Gasteiger partial charge in [-0.25, -0.2) is 0 Å². The number of aliphatic carboxylic acids is 1. The predicted octanol–water partition coefficient (Wildman–Crippen LogP) is 5.85. The molecule has 0 aromatic heterocycles. The number of rotatable bonds is 11. The summed E-state index contributed by atoms with van der Waals surface area (Å²) in [7, 11) is 0. The van der Waals surface area contributed by atoms with Gasteiger partial charge in [-0.2, -0.15) is 0 Å². The van der Waals surface area contributed by atoms with Crippen molar-refractivity contribution in [1.29, 1.82) is 0 Å². The molecule has 0 aliphatic heterocycles. The van der Waals surface area contributed by atoms with Crippen molar-refractivity contribution in [3.63, 3.8) is 0 Å². The maximum Gasteiger partial charge on any atom is 0.307 e. The van der Waals surface area contributed by atoms with E-state index in [0.717, 1.165) is 27.6 Å². The third-order valence-electron chi connectivity index (χ3n) is 3.93. The van der Waals surface area contributed by atoms with Crippen LogP contribution in [-0.4, -0.2) is 17.6 Å². The predicted molar refractivity (Wildman–Crippen MR) is 106 cm³/mol. The first kappa shape index (κ1) is 19.4. The quantitative estimate of drug-likeness (QED) is 0.495. The molecule has 4 heteroatoms. The average molecular weight is 358 g/mol. The summed E-state index contributed by atoms with van der Waals surface area (Å²) in [5, 5.41) is 12.4. The summed E-state index contributed by atoms with van der Waals surface area (Å²) in [6.07, 6.45) is 6.47. The van der Waals surface area contributed by atoms with E-state index in [4.69, 9.17) is 5.11 Å². The van der Waals surface area contributed by atoms with Gasteiger partial charge in [0.2, 0.25) is 0 Å². The Morgan fingerprint density at radius 1 is 1.00 bits per heavy atom. The lowest BCUT2D eigenvalue weighted by Gasteiger charge is -2.09. The van der Waals surface area contributed by atoms with E-state index in [2.05, 4.69) is 36.5 Å². The smallest absolute Gasteiger partial charge is 0.307 e. The molecule has 134 valence electrons. The zero-order valence-electron chi connectivity index (χ0n) is 14.8. The van der Waals surface area contributed by atoms with Crippen molar-refractivity contribution in [2.24, 2.45) is 0 Å². The Labute approximate surface area is 154 Å². The van der Waals surface area contributed by atoms with Crippen LogP contribution in [0.4, 0.5) is 5.69 Å². The number of carbonyl (C=O) groups is 1. The lowest BCUT2D eigenvalue weighted by molar-refractivity contribution is -0.136. The van der Waals surface area contributed by atoms with Crippen molar-refractivity contribution >= 4 is 23.4 Å². The second-order valence-electron chi connectivity index (χ2n) is 6.19. The van der Waals surface area contributed by atoms with Gasteiger partial charge in [-0.3, -0.25) is 4.79 Å². The normalized spacial score (nSPS) is 10.6. The minimum absolute atomic E-state index is 0.0635. The lowest BCUT2D eigenvalue weighted by Crippen LogP contribution is -2.01. The maximum absolute atomic E-state index is 10.9. The van der Waals surface area contributed by atoms with Crippen LogP contribution in [-0.2, 0) is 11.2 Å². The largest absolute Gasteiger partial charge is 0.481 e. The van der Waals surface area contributed by atoms with E-state index < -0.39 is 5.97 Å². The van der Waals surface area contributed by atoms with E-state index in [1.54, 1.807) is 11.8 Å². The fourth-order valence-electron chi connectivity index (χ4n) is 2.66. The fraction of sp³-hybridized carbons (Fsp3) is 0.381. The third kappa shape index (κ3) is 7.65. The minimum atomic E-state index is -0.799. The molecule has 0 spiro atoms. The molecule has 25 heavy (non-hydrogen) atoms. The monoisotopic (exact) mass is 357 g/mol. The lowest BCUT2D eigenvalue weighted by atomic mass is 10.1. The molecule has 0 radical (unpaired) electrons. The first-order valence-corrected chi connectivity index (χ1v) is 9.81. The standard InChI is InChI=1S/C21H27NO2S/c1-2-3-4-5-6-13-22-18-10-8-12-20(16-18)25-19-11-7-9-17(14-19)15-21(23)24/h7-12,14,16,22H,2-6,13,15H2,1H3,(H,23,24). The summed E-state index contributed by atoms with van der Waals surface area (Å²) in [5.41, 5.74) is 1.97. The Balaban J connectivity index is 1.87. The van der Waals surface area contributed by atoms with E-state index in [-0.39, 0.29) is 6.42 Å². The summed E-state index contributed by atoms with van der Waals surface area (Å²) in [6.45, 7) is 3.24. The highest BCUT2D eigenvalue weighted by Crippen LogP contribution is 2.30. The second-order valence-corrected chi connectivity index (χ2v) is 7.34. The van der Waals surface area contributed by atoms with Crippen LogP contribution in [0, 0.1) is 0 Å². The second kappa shape index (κ2) is 10.8. The number of anilines is 1. The Bertz CT molecular complexity index is 672. The third-order valence-corrected chi connectivity index (χ3v) is 4.91. The molecule has 0 fully saturated rings. The highest BCUT2D eigenvalue weighted by atomic mass is 32.2. The highest BCUT2D eigenvalue weighted by Gasteiger charge is 2.03. The number of nitrogens with one attached hydrogen (secondary N) is 1. The van der Waals surface area contributed by atoms with Gasteiger partial charge in [0.15, 0.2) is 0 Å². The fourth-order valence-corrected chi connectivity index (χ4v) is 3.62. The Kier molecular flexibility index (Phi) is 8.40. The van der Waals surface area contributed by atoms with Gasteiger partial charge in [0.05, 0.1) is 6.42 Å². The molecule has 0 aliphatic carbocycles. The molecule has 0 saturated carbocycles. The molecular weight excluding hydrogens is 330 g/mol. The van der Waals surface area contributed by atoms with E-state index in [0.29, 0.717) is 0 Å². The van der Waals surface area contributed by atoms with E-state index in [9.17, 15) is 4.79 Å². The molecule has 0 saturated heterocycles. The Hall–Kier alpha value is -1.94.